The largest absolute Gasteiger partial charge is 0.490 e. The number of aryl methyl sites for hydroxylation is 1. The fraction of sp³-hybridized carbons (Fsp3) is 0.613. The van der Waals surface area contributed by atoms with Gasteiger partial charge in [0.1, 0.15) is 0 Å². The predicted octanol–water partition coefficient (Wildman–Crippen LogP) is 8.53. The summed E-state index contributed by atoms with van der Waals surface area (Å²) < 4.78 is 62.4. The number of rotatable bonds is 8. The van der Waals surface area contributed by atoms with Crippen LogP contribution >= 0.6 is 0 Å². The first-order valence-corrected chi connectivity index (χ1v) is 14.2. The highest BCUT2D eigenvalue weighted by Crippen LogP contribution is 2.44. The maximum absolute atomic E-state index is 15.0. The fourth-order valence-corrected chi connectivity index (χ4v) is 6.43. The van der Waals surface area contributed by atoms with E-state index in [1.807, 2.05) is 6.92 Å². The fourth-order valence-electron chi connectivity index (χ4n) is 6.43. The highest BCUT2D eigenvalue weighted by Gasteiger charge is 2.33. The van der Waals surface area contributed by atoms with Gasteiger partial charge in [0.05, 0.1) is 19.3 Å². The number of fused-ring (bicyclic) bond motifs is 2. The molecule has 3 nitrogen and oxygen atoms in total. The summed E-state index contributed by atoms with van der Waals surface area (Å²) in [5.74, 6) is -1.41. The van der Waals surface area contributed by atoms with Crippen molar-refractivity contribution in [3.63, 3.8) is 0 Å². The quantitative estimate of drug-likeness (QED) is 0.300. The molecule has 0 spiro atoms. The van der Waals surface area contributed by atoms with Crippen LogP contribution < -0.4 is 9.47 Å². The van der Waals surface area contributed by atoms with Crippen molar-refractivity contribution in [2.75, 3.05) is 13.2 Å². The van der Waals surface area contributed by atoms with Crippen LogP contribution in [0.5, 0.6) is 17.2 Å². The molecule has 1 aliphatic carbocycles. The molecular formula is C31H39F3O3. The molecule has 5 rings (SSSR count). The van der Waals surface area contributed by atoms with Gasteiger partial charge < -0.3 is 14.2 Å². The Morgan fingerprint density at radius 2 is 1.59 bits per heavy atom. The molecule has 2 aromatic carbocycles. The van der Waals surface area contributed by atoms with E-state index in [-0.39, 0.29) is 36.2 Å². The standard InChI is InChI=1S/C31H39F3O3/c1-3-5-19-7-10-21(11-8-19)25-14-9-20(17-35-25)18-36-26-16-24-15-23-13-12-22(6-4-2)27(32)30(23)37-31(24)29(34)28(26)33/h12-13,16,19-21,25H,3-11,14-15,17-18H2,1-2H3. The van der Waals surface area contributed by atoms with Crippen molar-refractivity contribution in [1.82, 2.24) is 0 Å². The van der Waals surface area contributed by atoms with E-state index in [1.54, 1.807) is 12.1 Å². The van der Waals surface area contributed by atoms with E-state index < -0.39 is 17.5 Å². The van der Waals surface area contributed by atoms with Crippen molar-refractivity contribution >= 4 is 0 Å². The Kier molecular flexibility index (Phi) is 8.33. The summed E-state index contributed by atoms with van der Waals surface area (Å²) in [5, 5.41) is 0. The van der Waals surface area contributed by atoms with Gasteiger partial charge in [-0.05, 0) is 55.6 Å². The van der Waals surface area contributed by atoms with Crippen LogP contribution in [0.2, 0.25) is 0 Å². The number of ether oxygens (including phenoxy) is 3. The van der Waals surface area contributed by atoms with Crippen LogP contribution in [0.25, 0.3) is 0 Å². The van der Waals surface area contributed by atoms with Gasteiger partial charge in [-0.2, -0.15) is 8.78 Å². The first-order chi connectivity index (χ1) is 18.0. The molecule has 0 bridgehead atoms. The van der Waals surface area contributed by atoms with Crippen molar-refractivity contribution in [3.8, 4) is 17.2 Å². The molecule has 2 aliphatic heterocycles. The molecule has 2 atom stereocenters. The summed E-state index contributed by atoms with van der Waals surface area (Å²) >= 11 is 0. The molecule has 0 aromatic heterocycles. The average molecular weight is 517 g/mol. The molecule has 1 saturated carbocycles. The van der Waals surface area contributed by atoms with Gasteiger partial charge in [-0.1, -0.05) is 58.1 Å². The summed E-state index contributed by atoms with van der Waals surface area (Å²) in [7, 11) is 0. The van der Waals surface area contributed by atoms with Gasteiger partial charge in [0.2, 0.25) is 11.6 Å². The Bertz CT molecular complexity index is 1090. The van der Waals surface area contributed by atoms with E-state index in [2.05, 4.69) is 6.92 Å². The first kappa shape index (κ1) is 26.4. The smallest absolute Gasteiger partial charge is 0.205 e. The van der Waals surface area contributed by atoms with Crippen molar-refractivity contribution in [2.45, 2.75) is 90.6 Å². The Morgan fingerprint density at radius 3 is 2.30 bits per heavy atom. The lowest BCUT2D eigenvalue weighted by atomic mass is 9.76. The van der Waals surface area contributed by atoms with Gasteiger partial charge in [-0.25, -0.2) is 4.39 Å². The maximum atomic E-state index is 15.0. The van der Waals surface area contributed by atoms with E-state index in [0.717, 1.165) is 25.2 Å². The molecule has 0 radical (unpaired) electrons. The molecule has 1 saturated heterocycles. The highest BCUT2D eigenvalue weighted by molar-refractivity contribution is 5.54. The first-order valence-electron chi connectivity index (χ1n) is 14.2. The minimum atomic E-state index is -1.13. The van der Waals surface area contributed by atoms with Gasteiger partial charge in [-0.15, -0.1) is 0 Å². The van der Waals surface area contributed by atoms with E-state index in [0.29, 0.717) is 41.7 Å². The van der Waals surface area contributed by atoms with Crippen LogP contribution in [0.1, 0.15) is 88.3 Å². The van der Waals surface area contributed by atoms with Crippen molar-refractivity contribution in [2.24, 2.45) is 17.8 Å². The maximum Gasteiger partial charge on any atom is 0.205 e. The van der Waals surface area contributed by atoms with Crippen LogP contribution in [0.3, 0.4) is 0 Å². The zero-order chi connectivity index (χ0) is 25.9. The summed E-state index contributed by atoms with van der Waals surface area (Å²) in [6, 6.07) is 5.05. The average Bonchev–Trinajstić information content (AvgIpc) is 2.92. The molecule has 0 amide bonds. The van der Waals surface area contributed by atoms with Gasteiger partial charge in [0.15, 0.2) is 23.1 Å². The SMILES string of the molecule is CCCc1ccc2c(c1F)Oc1c(cc(OCC3CCC(C4CCC(CCC)CC4)OC3)c(F)c1F)C2. The molecule has 0 N–H and O–H groups in total. The minimum absolute atomic E-state index is 0.00169. The lowest BCUT2D eigenvalue weighted by molar-refractivity contribution is -0.0656. The third-order valence-corrected chi connectivity index (χ3v) is 8.56. The molecule has 3 aliphatic rings. The molecule has 202 valence electrons. The van der Waals surface area contributed by atoms with Crippen LogP contribution in [0.4, 0.5) is 13.2 Å². The monoisotopic (exact) mass is 516 g/mol. The van der Waals surface area contributed by atoms with E-state index in [1.165, 1.54) is 44.6 Å². The summed E-state index contributed by atoms with van der Waals surface area (Å²) in [6.07, 6.45) is 11.6. The zero-order valence-electron chi connectivity index (χ0n) is 22.1. The molecule has 37 heavy (non-hydrogen) atoms. The van der Waals surface area contributed by atoms with Crippen molar-refractivity contribution in [3.05, 3.63) is 52.3 Å². The number of hydrogen-bond acceptors (Lipinski definition) is 3. The topological polar surface area (TPSA) is 27.7 Å². The zero-order valence-corrected chi connectivity index (χ0v) is 22.1. The van der Waals surface area contributed by atoms with Gasteiger partial charge in [-0.3, -0.25) is 0 Å². The Morgan fingerprint density at radius 1 is 0.838 bits per heavy atom. The molecule has 6 heteroatoms. The highest BCUT2D eigenvalue weighted by atomic mass is 19.2. The molecule has 2 heterocycles. The van der Waals surface area contributed by atoms with Crippen molar-refractivity contribution in [1.29, 1.82) is 0 Å². The Labute approximate surface area is 218 Å². The van der Waals surface area contributed by atoms with Crippen LogP contribution in [-0.2, 0) is 17.6 Å². The number of halogens is 3. The van der Waals surface area contributed by atoms with Gasteiger partial charge in [0.25, 0.3) is 0 Å². The lowest BCUT2D eigenvalue weighted by Crippen LogP contribution is -2.35. The lowest BCUT2D eigenvalue weighted by Gasteiger charge is -2.37. The Balaban J connectivity index is 1.18. The second-order valence-corrected chi connectivity index (χ2v) is 11.2. The number of benzene rings is 2. The van der Waals surface area contributed by atoms with Crippen molar-refractivity contribution < 1.29 is 27.4 Å². The summed E-state index contributed by atoms with van der Waals surface area (Å²) in [5.41, 5.74) is 1.60. The van der Waals surface area contributed by atoms with E-state index in [9.17, 15) is 13.2 Å². The second-order valence-electron chi connectivity index (χ2n) is 11.2. The van der Waals surface area contributed by atoms with E-state index >= 15 is 0 Å². The van der Waals surface area contributed by atoms with E-state index in [4.69, 9.17) is 14.2 Å². The predicted molar refractivity (Wildman–Crippen MR) is 138 cm³/mol. The molecular weight excluding hydrogens is 477 g/mol. The Hall–Kier alpha value is -2.21. The van der Waals surface area contributed by atoms with Crippen LogP contribution in [0, 0.1) is 35.2 Å². The normalized spacial score (nSPS) is 25.2. The third kappa shape index (κ3) is 5.64. The molecule has 2 unspecified atom stereocenters. The number of hydrogen-bond donors (Lipinski definition) is 0. The summed E-state index contributed by atoms with van der Waals surface area (Å²) in [6.45, 7) is 5.09. The molecule has 2 fully saturated rings. The summed E-state index contributed by atoms with van der Waals surface area (Å²) in [4.78, 5) is 0. The minimum Gasteiger partial charge on any atom is -0.490 e. The van der Waals surface area contributed by atoms with Crippen LogP contribution in [-0.4, -0.2) is 19.3 Å². The van der Waals surface area contributed by atoms with Gasteiger partial charge in [0, 0.05) is 23.5 Å². The van der Waals surface area contributed by atoms with Gasteiger partial charge >= 0.3 is 0 Å². The van der Waals surface area contributed by atoms with Crippen LogP contribution in [0.15, 0.2) is 18.2 Å². The third-order valence-electron chi connectivity index (χ3n) is 8.56. The second kappa shape index (κ2) is 11.7. The molecule has 2 aromatic rings.